The molecule has 2 atom stereocenters. The molecule has 18 nitrogen and oxygen atoms in total. The monoisotopic (exact) mass is 687 g/mol. The van der Waals surface area contributed by atoms with Gasteiger partial charge >= 0.3 is 12.2 Å². The number of carbonyl (C=O) groups excluding carboxylic acids is 5. The molecular formula is C29H33N7O11S. The molecule has 0 radical (unpaired) electrons. The summed E-state index contributed by atoms with van der Waals surface area (Å²) in [6, 6.07) is 10.2. The van der Waals surface area contributed by atoms with E-state index in [1.807, 2.05) is 0 Å². The number of hydrogen-bond donors (Lipinski definition) is 3. The smallest absolute Gasteiger partial charge is 0.410 e. The quantitative estimate of drug-likeness (QED) is 0.173. The van der Waals surface area contributed by atoms with Gasteiger partial charge in [-0.05, 0) is 41.8 Å². The number of alkyl carbamates (subject to hydrolysis) is 1. The molecule has 2 aromatic rings. The van der Waals surface area contributed by atoms with Crippen LogP contribution < -0.4 is 10.6 Å². The number of likely N-dealkylation sites (tertiary alicyclic amines) is 1. The third-order valence-corrected chi connectivity index (χ3v) is 7.97. The average molecular weight is 688 g/mol. The number of benzene rings is 2. The van der Waals surface area contributed by atoms with Gasteiger partial charge < -0.3 is 29.9 Å². The van der Waals surface area contributed by atoms with E-state index in [4.69, 9.17) is 9.47 Å². The van der Waals surface area contributed by atoms with Gasteiger partial charge in [-0.3, -0.25) is 39.5 Å². The molecule has 0 spiro atoms. The lowest BCUT2D eigenvalue weighted by molar-refractivity contribution is -0.385. The summed E-state index contributed by atoms with van der Waals surface area (Å²) in [5.74, 6) is -1.32. The highest BCUT2D eigenvalue weighted by Gasteiger charge is 2.42. The van der Waals surface area contributed by atoms with Gasteiger partial charge in [0.1, 0.15) is 25.8 Å². The summed E-state index contributed by atoms with van der Waals surface area (Å²) < 4.78 is 10.3. The second-order valence-corrected chi connectivity index (χ2v) is 11.6. The molecule has 0 saturated carbocycles. The Morgan fingerprint density at radius 1 is 0.771 bits per heavy atom. The Kier molecular flexibility index (Phi) is 12.1. The molecule has 4 rings (SSSR count). The van der Waals surface area contributed by atoms with Gasteiger partial charge in [-0.15, -0.1) is 0 Å². The fourth-order valence-electron chi connectivity index (χ4n) is 4.99. The van der Waals surface area contributed by atoms with E-state index >= 15 is 0 Å². The molecule has 2 saturated heterocycles. The second-order valence-electron chi connectivity index (χ2n) is 10.9. The van der Waals surface area contributed by atoms with Gasteiger partial charge in [0.2, 0.25) is 17.7 Å². The summed E-state index contributed by atoms with van der Waals surface area (Å²) in [7, 11) is 0. The van der Waals surface area contributed by atoms with E-state index < -0.39 is 40.5 Å². The highest BCUT2D eigenvalue weighted by molar-refractivity contribution is 7.81. The summed E-state index contributed by atoms with van der Waals surface area (Å²) in [4.78, 5) is 87.7. The number of rotatable bonds is 11. The highest BCUT2D eigenvalue weighted by Crippen LogP contribution is 2.25. The standard InChI is InChI=1S/C29H33N7O11S/c37-25(14-31-28(40)46-17-19-1-5-21(6-2-19)35(42)43)30-15-26(38)32-9-11-33(12-10-32)27(39)24-13-23(48)16-34(24)29(41)47-18-20-3-7-22(8-4-20)36(44)45/h1-8,23-24,48H,9-18H2,(H,30,37)(H,31,40)/t23-,24-/m0/s1. The maximum Gasteiger partial charge on any atom is 0.410 e. The lowest BCUT2D eigenvalue weighted by Gasteiger charge is -2.37. The van der Waals surface area contributed by atoms with Gasteiger partial charge in [-0.25, -0.2) is 9.59 Å². The van der Waals surface area contributed by atoms with E-state index in [2.05, 4.69) is 23.3 Å². The fraction of sp³-hybridized carbons (Fsp3) is 0.414. The van der Waals surface area contributed by atoms with Crippen LogP contribution in [0.4, 0.5) is 21.0 Å². The van der Waals surface area contributed by atoms with Crippen molar-refractivity contribution in [3.05, 3.63) is 79.9 Å². The van der Waals surface area contributed by atoms with E-state index in [0.29, 0.717) is 17.5 Å². The topological polar surface area (TPSA) is 224 Å². The first kappa shape index (κ1) is 35.4. The molecule has 2 aliphatic rings. The van der Waals surface area contributed by atoms with Gasteiger partial charge in [-0.1, -0.05) is 0 Å². The lowest BCUT2D eigenvalue weighted by Crippen LogP contribution is -2.56. The highest BCUT2D eigenvalue weighted by atomic mass is 32.1. The van der Waals surface area contributed by atoms with Gasteiger partial charge in [0.25, 0.3) is 11.4 Å². The van der Waals surface area contributed by atoms with Crippen molar-refractivity contribution < 1.29 is 43.3 Å². The summed E-state index contributed by atoms with van der Waals surface area (Å²) in [5, 5.41) is 26.0. The van der Waals surface area contributed by atoms with E-state index in [0.717, 1.165) is 0 Å². The van der Waals surface area contributed by atoms with Gasteiger partial charge in [-0.2, -0.15) is 12.6 Å². The Morgan fingerprint density at radius 3 is 1.83 bits per heavy atom. The maximum atomic E-state index is 13.4. The predicted octanol–water partition coefficient (Wildman–Crippen LogP) is 1.23. The van der Waals surface area contributed by atoms with Crippen LogP contribution in [0.1, 0.15) is 17.5 Å². The van der Waals surface area contributed by atoms with Crippen LogP contribution in [0.3, 0.4) is 0 Å². The minimum atomic E-state index is -0.890. The molecule has 2 fully saturated rings. The van der Waals surface area contributed by atoms with Gasteiger partial charge in [0.15, 0.2) is 0 Å². The molecule has 19 heteroatoms. The van der Waals surface area contributed by atoms with Crippen molar-refractivity contribution in [1.82, 2.24) is 25.3 Å². The van der Waals surface area contributed by atoms with Crippen LogP contribution in [-0.4, -0.2) is 112 Å². The minimum Gasteiger partial charge on any atom is -0.445 e. The Hall–Kier alpha value is -5.46. The van der Waals surface area contributed by atoms with Crippen molar-refractivity contribution in [2.75, 3.05) is 45.8 Å². The van der Waals surface area contributed by atoms with Crippen molar-refractivity contribution in [1.29, 1.82) is 0 Å². The minimum absolute atomic E-state index is 0.0904. The summed E-state index contributed by atoms with van der Waals surface area (Å²) in [5.41, 5.74) is 0.865. The van der Waals surface area contributed by atoms with Crippen LogP contribution in [-0.2, 0) is 37.1 Å². The first-order valence-corrected chi connectivity index (χ1v) is 15.2. The first-order chi connectivity index (χ1) is 22.9. The number of nitro groups is 2. The molecular weight excluding hydrogens is 654 g/mol. The van der Waals surface area contributed by atoms with Gasteiger partial charge in [0, 0.05) is 62.2 Å². The van der Waals surface area contributed by atoms with E-state index in [-0.39, 0.29) is 80.9 Å². The molecule has 2 N–H and O–H groups in total. The van der Waals surface area contributed by atoms with Crippen LogP contribution >= 0.6 is 12.6 Å². The second kappa shape index (κ2) is 16.4. The molecule has 256 valence electrons. The molecule has 2 aliphatic heterocycles. The van der Waals surface area contributed by atoms with E-state index in [1.165, 1.54) is 58.3 Å². The Balaban J connectivity index is 1.15. The summed E-state index contributed by atoms with van der Waals surface area (Å²) >= 11 is 4.45. The summed E-state index contributed by atoms with van der Waals surface area (Å²) in [6.45, 7) is -0.0541. The number of hydrogen-bond acceptors (Lipinski definition) is 12. The average Bonchev–Trinajstić information content (AvgIpc) is 3.49. The Labute approximate surface area is 279 Å². The zero-order valence-electron chi connectivity index (χ0n) is 25.5. The lowest BCUT2D eigenvalue weighted by atomic mass is 10.1. The van der Waals surface area contributed by atoms with Crippen molar-refractivity contribution in [2.45, 2.75) is 30.9 Å². The van der Waals surface area contributed by atoms with Crippen molar-refractivity contribution in [2.24, 2.45) is 0 Å². The number of amides is 5. The van der Waals surface area contributed by atoms with Crippen molar-refractivity contribution in [3.8, 4) is 0 Å². The Bertz CT molecular complexity index is 1530. The maximum absolute atomic E-state index is 13.4. The first-order valence-electron chi connectivity index (χ1n) is 14.7. The molecule has 2 heterocycles. The third kappa shape index (κ3) is 9.77. The van der Waals surface area contributed by atoms with Crippen molar-refractivity contribution in [3.63, 3.8) is 0 Å². The number of nitrogens with zero attached hydrogens (tertiary/aromatic N) is 5. The fourth-order valence-corrected chi connectivity index (χ4v) is 5.37. The molecule has 0 aliphatic carbocycles. The third-order valence-electron chi connectivity index (χ3n) is 7.60. The number of thiol groups is 1. The number of non-ortho nitro benzene ring substituents is 2. The molecule has 0 aromatic heterocycles. The van der Waals surface area contributed by atoms with E-state index in [1.54, 1.807) is 4.90 Å². The zero-order valence-corrected chi connectivity index (χ0v) is 26.4. The number of ether oxygens (including phenoxy) is 2. The van der Waals surface area contributed by atoms with Crippen LogP contribution in [0, 0.1) is 20.2 Å². The normalized spacial score (nSPS) is 17.3. The summed E-state index contributed by atoms with van der Waals surface area (Å²) in [6.07, 6.45) is -1.28. The molecule has 0 unspecified atom stereocenters. The largest absolute Gasteiger partial charge is 0.445 e. The van der Waals surface area contributed by atoms with Crippen LogP contribution in [0.25, 0.3) is 0 Å². The zero-order chi connectivity index (χ0) is 34.8. The SMILES string of the molecule is O=C(CNC(=O)OCc1ccc([N+](=O)[O-])cc1)NCC(=O)N1CCN(C(=O)[C@@H]2C[C@H](S)CN2C(=O)OCc2ccc([N+](=O)[O-])cc2)CC1. The van der Waals surface area contributed by atoms with Crippen LogP contribution in [0.15, 0.2) is 48.5 Å². The Morgan fingerprint density at radius 2 is 1.29 bits per heavy atom. The van der Waals surface area contributed by atoms with E-state index in [9.17, 15) is 44.2 Å². The molecule has 2 aromatic carbocycles. The molecule has 5 amide bonds. The van der Waals surface area contributed by atoms with Crippen LogP contribution in [0.2, 0.25) is 0 Å². The predicted molar refractivity (Wildman–Crippen MR) is 169 cm³/mol. The number of nitro benzene ring substituents is 2. The van der Waals surface area contributed by atoms with Crippen molar-refractivity contribution >= 4 is 53.9 Å². The van der Waals surface area contributed by atoms with Gasteiger partial charge in [0.05, 0.1) is 16.4 Å². The van der Waals surface area contributed by atoms with Crippen LogP contribution in [0.5, 0.6) is 0 Å². The number of nitrogens with one attached hydrogen (secondary N) is 2. The number of piperazine rings is 1. The number of carbonyl (C=O) groups is 5. The molecule has 48 heavy (non-hydrogen) atoms. The molecule has 0 bridgehead atoms.